The van der Waals surface area contributed by atoms with Gasteiger partial charge in [0.25, 0.3) is 0 Å². The number of ether oxygens (including phenoxy) is 1. The molecule has 4 atom stereocenters. The molecular weight excluding hydrogens is 434 g/mol. The van der Waals surface area contributed by atoms with E-state index < -0.39 is 30.3 Å². The number of hydrogen-bond acceptors (Lipinski definition) is 6. The van der Waals surface area contributed by atoms with E-state index in [1.54, 1.807) is 0 Å². The van der Waals surface area contributed by atoms with Crippen molar-refractivity contribution >= 4 is 17.8 Å². The van der Waals surface area contributed by atoms with E-state index in [2.05, 4.69) is 22.5 Å². The summed E-state index contributed by atoms with van der Waals surface area (Å²) in [5.41, 5.74) is 0.853. The highest BCUT2D eigenvalue weighted by Crippen LogP contribution is 2.28. The first-order valence-electron chi connectivity index (χ1n) is 12.3. The predicted molar refractivity (Wildman–Crippen MR) is 129 cm³/mol. The molecule has 0 spiro atoms. The Hall–Kier alpha value is -2.71. The Bertz CT molecular complexity index is 825. The number of aliphatic hydroxyl groups is 1. The number of alkyl carbamates (subject to hydrolysis) is 1. The molecule has 1 aliphatic heterocycles. The Balaban J connectivity index is 1.64. The molecule has 0 bridgehead atoms. The van der Waals surface area contributed by atoms with Crippen LogP contribution in [0.4, 0.5) is 4.79 Å². The molecule has 8 heteroatoms. The smallest absolute Gasteiger partial charge is 0.408 e. The van der Waals surface area contributed by atoms with Crippen molar-refractivity contribution in [3.05, 3.63) is 48.6 Å². The fourth-order valence-electron chi connectivity index (χ4n) is 4.85. The van der Waals surface area contributed by atoms with Crippen LogP contribution in [0.25, 0.3) is 0 Å². The number of hydrogen-bond donors (Lipinski definition) is 4. The van der Waals surface area contributed by atoms with Gasteiger partial charge in [0.05, 0.1) is 6.04 Å². The number of benzene rings is 1. The van der Waals surface area contributed by atoms with Crippen LogP contribution < -0.4 is 16.0 Å². The van der Waals surface area contributed by atoms with E-state index in [1.807, 2.05) is 30.3 Å². The highest BCUT2D eigenvalue weighted by molar-refractivity contribution is 5.97. The van der Waals surface area contributed by atoms with Gasteiger partial charge in [-0.3, -0.25) is 14.9 Å². The number of amides is 2. The molecular formula is C26H37N3O5. The number of nitrogens with one attached hydrogen (secondary N) is 3. The third-order valence-electron chi connectivity index (χ3n) is 6.83. The van der Waals surface area contributed by atoms with Crippen LogP contribution in [0.1, 0.15) is 56.9 Å². The lowest BCUT2D eigenvalue weighted by Gasteiger charge is -2.28. The second-order valence-corrected chi connectivity index (χ2v) is 9.35. The molecule has 34 heavy (non-hydrogen) atoms. The summed E-state index contributed by atoms with van der Waals surface area (Å²) in [6, 6.07) is 7.72. The lowest BCUT2D eigenvalue weighted by atomic mass is 9.84. The predicted octanol–water partition coefficient (Wildman–Crippen LogP) is 2.81. The van der Waals surface area contributed by atoms with Gasteiger partial charge < -0.3 is 20.5 Å². The molecule has 3 rings (SSSR count). The standard InChI is InChI=1S/C26H37N3O5/c1-2-23(30)21(16-20-13-14-27-24(20)31)28-25(32)22(15-18-9-5-3-6-10-18)29-26(33)34-17-19-11-7-4-8-12-19/h2,4,7-8,11-12,18,20-22,24,27,31H,1,3,5-6,9-10,13-17H2,(H,28,32)(H,29,33)/t20-,21-,22-,24?/m0/s1. The van der Waals surface area contributed by atoms with E-state index >= 15 is 0 Å². The Morgan fingerprint density at radius 1 is 1.06 bits per heavy atom. The van der Waals surface area contributed by atoms with Crippen LogP contribution in [0.5, 0.6) is 0 Å². The van der Waals surface area contributed by atoms with Crippen molar-refractivity contribution in [2.24, 2.45) is 11.8 Å². The van der Waals surface area contributed by atoms with Gasteiger partial charge in [0.2, 0.25) is 5.91 Å². The van der Waals surface area contributed by atoms with Crippen LogP contribution >= 0.6 is 0 Å². The largest absolute Gasteiger partial charge is 0.445 e. The van der Waals surface area contributed by atoms with E-state index in [1.165, 1.54) is 12.5 Å². The number of ketones is 1. The molecule has 1 saturated heterocycles. The van der Waals surface area contributed by atoms with Crippen molar-refractivity contribution in [1.29, 1.82) is 0 Å². The lowest BCUT2D eigenvalue weighted by Crippen LogP contribution is -2.52. The summed E-state index contributed by atoms with van der Waals surface area (Å²) >= 11 is 0. The van der Waals surface area contributed by atoms with E-state index in [0.29, 0.717) is 31.7 Å². The van der Waals surface area contributed by atoms with Crippen molar-refractivity contribution in [2.45, 2.75) is 76.3 Å². The quantitative estimate of drug-likeness (QED) is 0.369. The fourth-order valence-corrected chi connectivity index (χ4v) is 4.85. The van der Waals surface area contributed by atoms with Crippen LogP contribution in [0.15, 0.2) is 43.0 Å². The van der Waals surface area contributed by atoms with Crippen molar-refractivity contribution in [1.82, 2.24) is 16.0 Å². The maximum atomic E-state index is 13.3. The van der Waals surface area contributed by atoms with Crippen LogP contribution in [-0.4, -0.2) is 47.7 Å². The molecule has 4 N–H and O–H groups in total. The molecule has 0 aromatic heterocycles. The van der Waals surface area contributed by atoms with Gasteiger partial charge in [-0.05, 0) is 43.4 Å². The average molecular weight is 472 g/mol. The van der Waals surface area contributed by atoms with Gasteiger partial charge >= 0.3 is 6.09 Å². The maximum Gasteiger partial charge on any atom is 0.408 e. The second kappa shape index (κ2) is 13.2. The van der Waals surface area contributed by atoms with Crippen molar-refractivity contribution in [3.63, 3.8) is 0 Å². The zero-order valence-electron chi connectivity index (χ0n) is 19.7. The van der Waals surface area contributed by atoms with Gasteiger partial charge in [-0.1, -0.05) is 69.0 Å². The highest BCUT2D eigenvalue weighted by Gasteiger charge is 2.33. The number of rotatable bonds is 11. The van der Waals surface area contributed by atoms with Crippen LogP contribution in [-0.2, 0) is 20.9 Å². The molecule has 1 aromatic carbocycles. The van der Waals surface area contributed by atoms with Gasteiger partial charge in [0, 0.05) is 5.92 Å². The minimum atomic E-state index is -0.807. The van der Waals surface area contributed by atoms with Gasteiger partial charge in [-0.25, -0.2) is 4.79 Å². The average Bonchev–Trinajstić information content (AvgIpc) is 3.26. The third-order valence-corrected chi connectivity index (χ3v) is 6.83. The first-order valence-corrected chi connectivity index (χ1v) is 12.3. The SMILES string of the molecule is C=CC(=O)[C@H](C[C@@H]1CCNC1O)NC(=O)[C@H](CC1CCCCC1)NC(=O)OCc1ccccc1. The van der Waals surface area contributed by atoms with Crippen molar-refractivity contribution < 1.29 is 24.2 Å². The normalized spacial score (nSPS) is 22.4. The van der Waals surface area contributed by atoms with Crippen molar-refractivity contribution in [2.75, 3.05) is 6.54 Å². The monoisotopic (exact) mass is 471 g/mol. The zero-order valence-corrected chi connectivity index (χ0v) is 19.7. The molecule has 1 heterocycles. The van der Waals surface area contributed by atoms with Gasteiger partial charge in [-0.15, -0.1) is 0 Å². The van der Waals surface area contributed by atoms with E-state index in [4.69, 9.17) is 4.74 Å². The van der Waals surface area contributed by atoms with Gasteiger partial charge in [0.1, 0.15) is 18.9 Å². The van der Waals surface area contributed by atoms with Crippen LogP contribution in [0.3, 0.4) is 0 Å². The summed E-state index contributed by atoms with van der Waals surface area (Å²) in [5.74, 6) is -0.540. The number of aliphatic hydroxyl groups excluding tert-OH is 1. The maximum absolute atomic E-state index is 13.3. The minimum Gasteiger partial charge on any atom is -0.445 e. The number of carbonyl (C=O) groups excluding carboxylic acids is 3. The van der Waals surface area contributed by atoms with Crippen LogP contribution in [0, 0.1) is 11.8 Å². The van der Waals surface area contributed by atoms with Gasteiger partial charge in [0.15, 0.2) is 5.78 Å². The van der Waals surface area contributed by atoms with E-state index in [9.17, 15) is 19.5 Å². The van der Waals surface area contributed by atoms with Crippen LogP contribution in [0.2, 0.25) is 0 Å². The minimum absolute atomic E-state index is 0.106. The molecule has 1 aromatic rings. The number of carbonyl (C=O) groups is 3. The Labute approximate surface area is 201 Å². The molecule has 2 fully saturated rings. The van der Waals surface area contributed by atoms with E-state index in [0.717, 1.165) is 31.2 Å². The topological polar surface area (TPSA) is 117 Å². The molecule has 186 valence electrons. The summed E-state index contributed by atoms with van der Waals surface area (Å²) in [6.45, 7) is 4.32. The molecule has 1 aliphatic carbocycles. The lowest BCUT2D eigenvalue weighted by molar-refractivity contribution is -0.128. The summed E-state index contributed by atoms with van der Waals surface area (Å²) in [7, 11) is 0. The highest BCUT2D eigenvalue weighted by atomic mass is 16.5. The fraction of sp³-hybridized carbons (Fsp3) is 0.577. The summed E-state index contributed by atoms with van der Waals surface area (Å²) in [4.78, 5) is 38.3. The molecule has 0 radical (unpaired) electrons. The van der Waals surface area contributed by atoms with Gasteiger partial charge in [-0.2, -0.15) is 0 Å². The van der Waals surface area contributed by atoms with E-state index in [-0.39, 0.29) is 18.3 Å². The molecule has 8 nitrogen and oxygen atoms in total. The molecule has 1 saturated carbocycles. The second-order valence-electron chi connectivity index (χ2n) is 9.35. The molecule has 1 unspecified atom stereocenters. The molecule has 2 aliphatic rings. The summed E-state index contributed by atoms with van der Waals surface area (Å²) < 4.78 is 5.34. The summed E-state index contributed by atoms with van der Waals surface area (Å²) in [6.07, 6.45) is 6.78. The third kappa shape index (κ3) is 7.95. The Kier molecular flexibility index (Phi) is 10.1. The Morgan fingerprint density at radius 3 is 2.44 bits per heavy atom. The first kappa shape index (κ1) is 25.9. The zero-order chi connectivity index (χ0) is 24.3. The molecule has 2 amide bonds. The van der Waals surface area contributed by atoms with Crippen molar-refractivity contribution in [3.8, 4) is 0 Å². The Morgan fingerprint density at radius 2 is 1.79 bits per heavy atom. The summed E-state index contributed by atoms with van der Waals surface area (Å²) in [5, 5.41) is 18.6. The first-order chi connectivity index (χ1) is 16.5.